The highest BCUT2D eigenvalue weighted by Crippen LogP contribution is 2.46. The van der Waals surface area contributed by atoms with Gasteiger partial charge in [0.05, 0.1) is 4.90 Å². The van der Waals surface area contributed by atoms with E-state index in [1.54, 1.807) is 18.2 Å². The summed E-state index contributed by atoms with van der Waals surface area (Å²) >= 11 is 0. The maximum atomic E-state index is 12.5. The van der Waals surface area contributed by atoms with E-state index in [0.29, 0.717) is 36.5 Å². The molecule has 1 heterocycles. The quantitative estimate of drug-likeness (QED) is 0.788. The zero-order chi connectivity index (χ0) is 18.9. The van der Waals surface area contributed by atoms with E-state index < -0.39 is 10.0 Å². The molecule has 2 aliphatic rings. The molecule has 6 heteroatoms. The molecular formula is C21H25NO4S. The summed E-state index contributed by atoms with van der Waals surface area (Å²) in [6.45, 7) is 3.47. The summed E-state index contributed by atoms with van der Waals surface area (Å²) in [5.74, 6) is 2.54. The fraction of sp³-hybridized carbons (Fsp3) is 0.429. The molecule has 27 heavy (non-hydrogen) atoms. The van der Waals surface area contributed by atoms with Crippen LogP contribution >= 0.6 is 0 Å². The largest absolute Gasteiger partial charge is 0.486 e. The molecule has 2 aromatic carbocycles. The minimum absolute atomic E-state index is 0.324. The Hall–Kier alpha value is -2.05. The van der Waals surface area contributed by atoms with Crippen LogP contribution in [0.3, 0.4) is 0 Å². The van der Waals surface area contributed by atoms with Gasteiger partial charge in [-0.2, -0.15) is 0 Å². The number of aryl methyl sites for hydroxylation is 1. The van der Waals surface area contributed by atoms with Gasteiger partial charge in [0.15, 0.2) is 11.5 Å². The lowest BCUT2D eigenvalue weighted by molar-refractivity contribution is 0.171. The normalized spacial score (nSPS) is 17.5. The Morgan fingerprint density at radius 2 is 1.85 bits per heavy atom. The van der Waals surface area contributed by atoms with E-state index in [2.05, 4.69) is 16.9 Å². The fourth-order valence-electron chi connectivity index (χ4n) is 3.68. The second-order valence-electron chi connectivity index (χ2n) is 7.35. The van der Waals surface area contributed by atoms with Crippen LogP contribution in [0.25, 0.3) is 0 Å². The fourth-order valence-corrected chi connectivity index (χ4v) is 4.83. The Morgan fingerprint density at radius 1 is 1.07 bits per heavy atom. The molecule has 1 saturated carbocycles. The first-order valence-electron chi connectivity index (χ1n) is 9.49. The lowest BCUT2D eigenvalue weighted by Crippen LogP contribution is -2.26. The molecule has 2 aromatic rings. The van der Waals surface area contributed by atoms with Crippen molar-refractivity contribution in [1.29, 1.82) is 0 Å². The van der Waals surface area contributed by atoms with Crippen LogP contribution < -0.4 is 14.2 Å². The minimum Gasteiger partial charge on any atom is -0.486 e. The number of nitrogens with one attached hydrogen (secondary N) is 1. The molecule has 1 aliphatic carbocycles. The van der Waals surface area contributed by atoms with Gasteiger partial charge < -0.3 is 9.47 Å². The molecule has 144 valence electrons. The lowest BCUT2D eigenvalue weighted by Gasteiger charge is -2.22. The van der Waals surface area contributed by atoms with Crippen molar-refractivity contribution in [2.75, 3.05) is 19.8 Å². The molecule has 1 fully saturated rings. The van der Waals surface area contributed by atoms with Gasteiger partial charge in [0.1, 0.15) is 13.2 Å². The average molecular weight is 388 g/mol. The van der Waals surface area contributed by atoms with Crippen molar-refractivity contribution in [3.63, 3.8) is 0 Å². The molecule has 0 radical (unpaired) electrons. The van der Waals surface area contributed by atoms with Gasteiger partial charge in [-0.3, -0.25) is 0 Å². The molecule has 0 saturated heterocycles. The molecule has 0 aromatic heterocycles. The number of rotatable bonds is 7. The van der Waals surface area contributed by atoms with Crippen LogP contribution in [0.2, 0.25) is 0 Å². The summed E-state index contributed by atoms with van der Waals surface area (Å²) in [5, 5.41) is 0. The maximum absolute atomic E-state index is 12.5. The molecule has 1 atom stereocenters. The number of sulfonamides is 1. The summed E-state index contributed by atoms with van der Waals surface area (Å²) in [7, 11) is -3.47. The Bertz CT molecular complexity index is 922. The summed E-state index contributed by atoms with van der Waals surface area (Å²) in [6.07, 6.45) is 3.17. The van der Waals surface area contributed by atoms with Gasteiger partial charge in [0.2, 0.25) is 10.0 Å². The third-order valence-corrected chi connectivity index (χ3v) is 6.69. The van der Waals surface area contributed by atoms with Gasteiger partial charge >= 0.3 is 0 Å². The van der Waals surface area contributed by atoms with E-state index in [9.17, 15) is 8.42 Å². The van der Waals surface area contributed by atoms with E-state index in [1.807, 2.05) is 19.1 Å². The third kappa shape index (κ3) is 4.28. The number of fused-ring (bicyclic) bond motifs is 1. The van der Waals surface area contributed by atoms with Crippen LogP contribution in [-0.2, 0) is 10.0 Å². The van der Waals surface area contributed by atoms with Crippen molar-refractivity contribution in [1.82, 2.24) is 4.72 Å². The monoisotopic (exact) mass is 387 g/mol. The maximum Gasteiger partial charge on any atom is 0.240 e. The molecular weight excluding hydrogens is 362 g/mol. The molecule has 0 spiro atoms. The smallest absolute Gasteiger partial charge is 0.240 e. The van der Waals surface area contributed by atoms with E-state index in [0.717, 1.165) is 23.5 Å². The van der Waals surface area contributed by atoms with Crippen molar-refractivity contribution in [2.45, 2.75) is 37.0 Å². The van der Waals surface area contributed by atoms with Crippen molar-refractivity contribution in [2.24, 2.45) is 5.92 Å². The van der Waals surface area contributed by atoms with Gasteiger partial charge in [0, 0.05) is 6.54 Å². The number of ether oxygens (including phenoxy) is 2. The highest BCUT2D eigenvalue weighted by atomic mass is 32.2. The van der Waals surface area contributed by atoms with E-state index in [4.69, 9.17) is 9.47 Å². The first kappa shape index (κ1) is 18.3. The van der Waals surface area contributed by atoms with Crippen LogP contribution in [0.4, 0.5) is 0 Å². The van der Waals surface area contributed by atoms with Crippen LogP contribution in [0.5, 0.6) is 11.5 Å². The molecule has 1 unspecified atom stereocenters. The molecule has 5 nitrogen and oxygen atoms in total. The van der Waals surface area contributed by atoms with Crippen LogP contribution in [0, 0.1) is 12.8 Å². The van der Waals surface area contributed by atoms with Crippen molar-refractivity contribution >= 4 is 10.0 Å². The highest BCUT2D eigenvalue weighted by Gasteiger charge is 2.33. The zero-order valence-electron chi connectivity index (χ0n) is 15.5. The Kier molecular flexibility index (Phi) is 5.10. The van der Waals surface area contributed by atoms with E-state index >= 15 is 0 Å². The summed E-state index contributed by atoms with van der Waals surface area (Å²) in [4.78, 5) is 0.324. The summed E-state index contributed by atoms with van der Waals surface area (Å²) < 4.78 is 39.1. The van der Waals surface area contributed by atoms with Crippen molar-refractivity contribution < 1.29 is 17.9 Å². The van der Waals surface area contributed by atoms with Crippen LogP contribution in [-0.4, -0.2) is 28.2 Å². The molecule has 1 N–H and O–H groups in total. The van der Waals surface area contributed by atoms with Crippen LogP contribution in [0.1, 0.15) is 36.3 Å². The second kappa shape index (κ2) is 7.52. The first-order chi connectivity index (χ1) is 13.0. The summed E-state index contributed by atoms with van der Waals surface area (Å²) in [6, 6.07) is 13.1. The topological polar surface area (TPSA) is 64.6 Å². The molecule has 0 amide bonds. The Balaban J connectivity index is 1.44. The third-order valence-electron chi connectivity index (χ3n) is 5.23. The van der Waals surface area contributed by atoms with E-state index in [1.165, 1.54) is 18.4 Å². The minimum atomic E-state index is -3.47. The van der Waals surface area contributed by atoms with Gasteiger partial charge in [-0.25, -0.2) is 13.1 Å². The first-order valence-corrected chi connectivity index (χ1v) is 11.0. The van der Waals surface area contributed by atoms with Crippen LogP contribution in [0.15, 0.2) is 47.4 Å². The molecule has 1 aliphatic heterocycles. The SMILES string of the molecule is Cc1cccc(S(=O)(=O)NCCC(c2ccc3c(c2)OCCO3)C2CC2)c1. The molecule has 0 bridgehead atoms. The second-order valence-corrected chi connectivity index (χ2v) is 9.12. The van der Waals surface area contributed by atoms with Gasteiger partial charge in [-0.1, -0.05) is 18.2 Å². The highest BCUT2D eigenvalue weighted by molar-refractivity contribution is 7.89. The van der Waals surface area contributed by atoms with Gasteiger partial charge in [0.25, 0.3) is 0 Å². The number of hydrogen-bond acceptors (Lipinski definition) is 4. The predicted molar refractivity (Wildman–Crippen MR) is 104 cm³/mol. The number of benzene rings is 2. The van der Waals surface area contributed by atoms with Crippen molar-refractivity contribution in [3.05, 3.63) is 53.6 Å². The molecule has 4 rings (SSSR count). The standard InChI is InChI=1S/C21H25NO4S/c1-15-3-2-4-18(13-15)27(23,24)22-10-9-19(16-5-6-16)17-7-8-20-21(14-17)26-12-11-25-20/h2-4,7-8,13-14,16,19,22H,5-6,9-12H2,1H3. The van der Waals surface area contributed by atoms with E-state index in [-0.39, 0.29) is 0 Å². The average Bonchev–Trinajstić information content (AvgIpc) is 3.50. The zero-order valence-corrected chi connectivity index (χ0v) is 16.3. The van der Waals surface area contributed by atoms with Gasteiger partial charge in [-0.15, -0.1) is 0 Å². The summed E-state index contributed by atoms with van der Waals surface area (Å²) in [5.41, 5.74) is 2.14. The van der Waals surface area contributed by atoms with Crippen molar-refractivity contribution in [3.8, 4) is 11.5 Å². The Labute approximate surface area is 160 Å². The predicted octanol–water partition coefficient (Wildman–Crippen LogP) is 3.63. The number of hydrogen-bond donors (Lipinski definition) is 1. The van der Waals surface area contributed by atoms with Gasteiger partial charge in [-0.05, 0) is 73.4 Å². The lowest BCUT2D eigenvalue weighted by atomic mass is 9.91. The Morgan fingerprint density at radius 3 is 2.59 bits per heavy atom.